The summed E-state index contributed by atoms with van der Waals surface area (Å²) in [5, 5.41) is 0.917. The quantitative estimate of drug-likeness (QED) is 0.625. The Bertz CT molecular complexity index is 809. The molecule has 4 nitrogen and oxygen atoms in total. The minimum atomic E-state index is 0.0879. The number of rotatable bonds is 7. The molecule has 0 aliphatic carbocycles. The van der Waals surface area contributed by atoms with Crippen LogP contribution in [-0.2, 0) is 5.75 Å². The largest absolute Gasteiger partial charge is 0.342 e. The zero-order valence-electron chi connectivity index (χ0n) is 14.7. The third-order valence-corrected chi connectivity index (χ3v) is 5.08. The van der Waals surface area contributed by atoms with Crippen LogP contribution in [0.25, 0.3) is 11.0 Å². The van der Waals surface area contributed by atoms with Gasteiger partial charge in [0.2, 0.25) is 0 Å². The number of nitrogens with one attached hydrogen (secondary N) is 1. The number of imidazole rings is 1. The molecule has 0 fully saturated rings. The lowest BCUT2D eigenvalue weighted by atomic mass is 10.1. The summed E-state index contributed by atoms with van der Waals surface area (Å²) in [6.45, 7) is 2.94. The zero-order valence-corrected chi connectivity index (χ0v) is 15.5. The first-order valence-electron chi connectivity index (χ1n) is 8.59. The van der Waals surface area contributed by atoms with Crippen LogP contribution >= 0.6 is 11.8 Å². The van der Waals surface area contributed by atoms with E-state index in [1.807, 2.05) is 55.6 Å². The van der Waals surface area contributed by atoms with Crippen molar-refractivity contribution in [2.45, 2.75) is 30.7 Å². The second-order valence-electron chi connectivity index (χ2n) is 6.12. The first-order chi connectivity index (χ1) is 12.2. The van der Waals surface area contributed by atoms with Crippen molar-refractivity contribution < 1.29 is 4.79 Å². The highest BCUT2D eigenvalue weighted by atomic mass is 32.2. The van der Waals surface area contributed by atoms with Crippen molar-refractivity contribution in [2.75, 3.05) is 13.6 Å². The first kappa shape index (κ1) is 17.5. The molecule has 130 valence electrons. The van der Waals surface area contributed by atoms with Gasteiger partial charge in [0.1, 0.15) is 0 Å². The van der Waals surface area contributed by atoms with Crippen LogP contribution in [0.2, 0.25) is 0 Å². The van der Waals surface area contributed by atoms with E-state index in [1.165, 1.54) is 5.56 Å². The van der Waals surface area contributed by atoms with E-state index in [2.05, 4.69) is 16.9 Å². The maximum Gasteiger partial charge on any atom is 0.253 e. The van der Waals surface area contributed by atoms with Gasteiger partial charge in [0.05, 0.1) is 11.0 Å². The standard InChI is InChI=1S/C20H23N3OS/c1-3-4-13-23(2)19(24)16-11-9-15(10-12-16)14-25-20-21-17-7-5-6-8-18(17)22-20/h5-12H,3-4,13-14H2,1-2H3,(H,21,22). The SMILES string of the molecule is CCCCN(C)C(=O)c1ccc(CSc2nc3ccccc3[nH]2)cc1. The number of H-pyrrole nitrogens is 1. The van der Waals surface area contributed by atoms with E-state index in [9.17, 15) is 4.79 Å². The number of aromatic nitrogens is 2. The summed E-state index contributed by atoms with van der Waals surface area (Å²) in [5.41, 5.74) is 3.97. The van der Waals surface area contributed by atoms with Gasteiger partial charge < -0.3 is 9.88 Å². The van der Waals surface area contributed by atoms with Gasteiger partial charge in [-0.25, -0.2) is 4.98 Å². The van der Waals surface area contributed by atoms with E-state index >= 15 is 0 Å². The summed E-state index contributed by atoms with van der Waals surface area (Å²) in [5.74, 6) is 0.907. The molecule has 0 aliphatic rings. The van der Waals surface area contributed by atoms with Crippen molar-refractivity contribution in [1.29, 1.82) is 0 Å². The van der Waals surface area contributed by atoms with Crippen LogP contribution in [0.4, 0.5) is 0 Å². The molecule has 0 aliphatic heterocycles. The fourth-order valence-corrected chi connectivity index (χ4v) is 3.45. The molecule has 0 spiro atoms. The topological polar surface area (TPSA) is 49.0 Å². The highest BCUT2D eigenvalue weighted by Crippen LogP contribution is 2.23. The molecule has 0 atom stereocenters. The van der Waals surface area contributed by atoms with Crippen LogP contribution in [0, 0.1) is 0 Å². The Hall–Kier alpha value is -2.27. The normalized spacial score (nSPS) is 11.0. The van der Waals surface area contributed by atoms with E-state index in [1.54, 1.807) is 16.7 Å². The predicted molar refractivity (Wildman–Crippen MR) is 104 cm³/mol. The Morgan fingerprint density at radius 3 is 2.64 bits per heavy atom. The lowest BCUT2D eigenvalue weighted by molar-refractivity contribution is 0.0793. The molecule has 0 saturated carbocycles. The van der Waals surface area contributed by atoms with Crippen LogP contribution < -0.4 is 0 Å². The van der Waals surface area contributed by atoms with E-state index in [0.29, 0.717) is 0 Å². The van der Waals surface area contributed by atoms with Crippen LogP contribution in [0.15, 0.2) is 53.7 Å². The van der Waals surface area contributed by atoms with Gasteiger partial charge in [-0.05, 0) is 36.2 Å². The smallest absolute Gasteiger partial charge is 0.253 e. The molecule has 25 heavy (non-hydrogen) atoms. The van der Waals surface area contributed by atoms with Crippen LogP contribution in [0.1, 0.15) is 35.7 Å². The van der Waals surface area contributed by atoms with E-state index in [-0.39, 0.29) is 5.91 Å². The molecule has 5 heteroatoms. The van der Waals surface area contributed by atoms with Crippen molar-refractivity contribution in [2.24, 2.45) is 0 Å². The lowest BCUT2D eigenvalue weighted by Crippen LogP contribution is -2.27. The Morgan fingerprint density at radius 1 is 1.16 bits per heavy atom. The number of aromatic amines is 1. The molecule has 1 heterocycles. The number of carbonyl (C=O) groups excluding carboxylic acids is 1. The van der Waals surface area contributed by atoms with Gasteiger partial charge in [0.25, 0.3) is 5.91 Å². The van der Waals surface area contributed by atoms with E-state index in [0.717, 1.165) is 46.9 Å². The maximum atomic E-state index is 12.3. The molecule has 2 aromatic carbocycles. The molecule has 0 unspecified atom stereocenters. The number of para-hydroxylation sites is 2. The fourth-order valence-electron chi connectivity index (χ4n) is 2.61. The second kappa shape index (κ2) is 8.21. The number of benzene rings is 2. The number of nitrogens with zero attached hydrogens (tertiary/aromatic N) is 2. The molecule has 1 amide bonds. The molecule has 3 aromatic rings. The maximum absolute atomic E-state index is 12.3. The fraction of sp³-hybridized carbons (Fsp3) is 0.300. The van der Waals surface area contributed by atoms with E-state index in [4.69, 9.17) is 0 Å². The van der Waals surface area contributed by atoms with Gasteiger partial charge >= 0.3 is 0 Å². The minimum Gasteiger partial charge on any atom is -0.342 e. The van der Waals surface area contributed by atoms with Gasteiger partial charge in [-0.15, -0.1) is 0 Å². The number of carbonyl (C=O) groups is 1. The highest BCUT2D eigenvalue weighted by molar-refractivity contribution is 7.98. The predicted octanol–water partition coefficient (Wildman–Crippen LogP) is 4.73. The molecule has 3 rings (SSSR count). The molecule has 0 radical (unpaired) electrons. The molecule has 1 aromatic heterocycles. The zero-order chi connectivity index (χ0) is 17.6. The summed E-state index contributed by atoms with van der Waals surface area (Å²) < 4.78 is 0. The monoisotopic (exact) mass is 353 g/mol. The van der Waals surface area contributed by atoms with Crippen LogP contribution in [0.5, 0.6) is 0 Å². The summed E-state index contributed by atoms with van der Waals surface area (Å²) in [7, 11) is 1.86. The Morgan fingerprint density at radius 2 is 1.92 bits per heavy atom. The molecular formula is C20H23N3OS. The summed E-state index contributed by atoms with van der Waals surface area (Å²) in [6.07, 6.45) is 2.13. The van der Waals surface area contributed by atoms with Gasteiger partial charge in [-0.2, -0.15) is 0 Å². The highest BCUT2D eigenvalue weighted by Gasteiger charge is 2.11. The average molecular weight is 353 g/mol. The van der Waals surface area contributed by atoms with Crippen molar-refractivity contribution in [1.82, 2.24) is 14.9 Å². The van der Waals surface area contributed by atoms with Crippen LogP contribution in [0.3, 0.4) is 0 Å². The number of amides is 1. The lowest BCUT2D eigenvalue weighted by Gasteiger charge is -2.16. The number of unbranched alkanes of at least 4 members (excludes halogenated alkanes) is 1. The Kier molecular flexibility index (Phi) is 5.76. The van der Waals surface area contributed by atoms with Gasteiger partial charge in [-0.3, -0.25) is 4.79 Å². The molecule has 1 N–H and O–H groups in total. The Labute approximate surface area is 152 Å². The first-order valence-corrected chi connectivity index (χ1v) is 9.58. The van der Waals surface area contributed by atoms with Crippen molar-refractivity contribution >= 4 is 28.7 Å². The summed E-state index contributed by atoms with van der Waals surface area (Å²) in [4.78, 5) is 22.0. The van der Waals surface area contributed by atoms with E-state index < -0.39 is 0 Å². The molecular weight excluding hydrogens is 330 g/mol. The number of thioether (sulfide) groups is 1. The number of hydrogen-bond donors (Lipinski definition) is 1. The van der Waals surface area contributed by atoms with Crippen LogP contribution in [-0.4, -0.2) is 34.4 Å². The third-order valence-electron chi connectivity index (χ3n) is 4.14. The van der Waals surface area contributed by atoms with Gasteiger partial charge in [0.15, 0.2) is 5.16 Å². The van der Waals surface area contributed by atoms with Gasteiger partial charge in [-0.1, -0.05) is 49.4 Å². The number of hydrogen-bond acceptors (Lipinski definition) is 3. The summed E-state index contributed by atoms with van der Waals surface area (Å²) in [6, 6.07) is 15.9. The minimum absolute atomic E-state index is 0.0879. The van der Waals surface area contributed by atoms with Crippen molar-refractivity contribution in [3.63, 3.8) is 0 Å². The Balaban J connectivity index is 1.59. The summed E-state index contributed by atoms with van der Waals surface area (Å²) >= 11 is 1.67. The third kappa shape index (κ3) is 4.42. The van der Waals surface area contributed by atoms with Crippen molar-refractivity contribution in [3.8, 4) is 0 Å². The average Bonchev–Trinajstić information content (AvgIpc) is 3.07. The molecule has 0 bridgehead atoms. The number of fused-ring (bicyclic) bond motifs is 1. The second-order valence-corrected chi connectivity index (χ2v) is 7.09. The van der Waals surface area contributed by atoms with Crippen molar-refractivity contribution in [3.05, 3.63) is 59.7 Å². The molecule has 0 saturated heterocycles. The van der Waals surface area contributed by atoms with Gasteiger partial charge in [0, 0.05) is 24.9 Å².